The number of carbonyl (C=O) groups is 2. The molecule has 7 heteroatoms. The van der Waals surface area contributed by atoms with Gasteiger partial charge in [-0.1, -0.05) is 18.2 Å². The predicted octanol–water partition coefficient (Wildman–Crippen LogP) is 2.97. The van der Waals surface area contributed by atoms with E-state index >= 15 is 0 Å². The molecule has 1 aromatic heterocycles. The molecule has 2 aromatic carbocycles. The first-order valence-corrected chi connectivity index (χ1v) is 7.57. The predicted molar refractivity (Wildman–Crippen MR) is 93.5 cm³/mol. The normalized spacial score (nSPS) is 10.5. The van der Waals surface area contributed by atoms with Gasteiger partial charge in [-0.3, -0.25) is 9.59 Å². The van der Waals surface area contributed by atoms with Crippen molar-refractivity contribution in [3.8, 4) is 11.5 Å². The molecule has 0 aliphatic rings. The zero-order valence-corrected chi connectivity index (χ0v) is 14.1. The Morgan fingerprint density at radius 1 is 1.04 bits per heavy atom. The molecule has 1 N–H and O–H groups in total. The number of carbonyl (C=O) groups excluding carboxylic acids is 2. The number of fused-ring (bicyclic) bond motifs is 1. The molecule has 3 rings (SSSR count). The van der Waals surface area contributed by atoms with E-state index < -0.39 is 5.91 Å². The molecule has 1 heterocycles. The van der Waals surface area contributed by atoms with E-state index in [0.717, 1.165) is 0 Å². The smallest absolute Gasteiger partial charge is 0.276 e. The quantitative estimate of drug-likeness (QED) is 0.790. The number of rotatable bonds is 4. The number of hydrogen-bond donors (Lipinski definition) is 1. The highest BCUT2D eigenvalue weighted by molar-refractivity contribution is 6.12. The standard InChI is InChI=1S/C18H17N3O4/c1-11(22)21-14-10-16(25-3)15(24-2)9-13(14)17(20-21)18(23)19-12-7-5-4-6-8-12/h4-10H,1-3H3,(H,19,23). The first kappa shape index (κ1) is 16.5. The van der Waals surface area contributed by atoms with E-state index in [4.69, 9.17) is 9.47 Å². The summed E-state index contributed by atoms with van der Waals surface area (Å²) >= 11 is 0. The van der Waals surface area contributed by atoms with Gasteiger partial charge in [0.2, 0.25) is 5.91 Å². The fourth-order valence-electron chi connectivity index (χ4n) is 2.56. The minimum Gasteiger partial charge on any atom is -0.493 e. The molecular formula is C18H17N3O4. The number of nitrogens with zero attached hydrogens (tertiary/aromatic N) is 2. The SMILES string of the molecule is COc1cc2c(C(=O)Nc3ccccc3)nn(C(C)=O)c2cc1OC. The van der Waals surface area contributed by atoms with Gasteiger partial charge < -0.3 is 14.8 Å². The van der Waals surface area contributed by atoms with Crippen LogP contribution in [0.5, 0.6) is 11.5 Å². The molecule has 25 heavy (non-hydrogen) atoms. The van der Waals surface area contributed by atoms with Crippen LogP contribution < -0.4 is 14.8 Å². The third-order valence-corrected chi connectivity index (χ3v) is 3.73. The van der Waals surface area contributed by atoms with Gasteiger partial charge in [0.15, 0.2) is 17.2 Å². The van der Waals surface area contributed by atoms with Crippen molar-refractivity contribution in [2.45, 2.75) is 6.92 Å². The molecule has 0 bridgehead atoms. The Morgan fingerprint density at radius 3 is 2.28 bits per heavy atom. The lowest BCUT2D eigenvalue weighted by molar-refractivity contribution is 0.0925. The first-order chi connectivity index (χ1) is 12.0. The summed E-state index contributed by atoms with van der Waals surface area (Å²) in [6.45, 7) is 1.38. The average Bonchev–Trinajstić information content (AvgIpc) is 3.00. The maximum absolute atomic E-state index is 12.6. The number of nitrogens with one attached hydrogen (secondary N) is 1. The number of para-hydroxylation sites is 1. The fraction of sp³-hybridized carbons (Fsp3) is 0.167. The molecule has 0 atom stereocenters. The van der Waals surface area contributed by atoms with Crippen LogP contribution in [0.3, 0.4) is 0 Å². The number of hydrogen-bond acceptors (Lipinski definition) is 5. The maximum atomic E-state index is 12.6. The number of amides is 1. The number of methoxy groups -OCH3 is 2. The summed E-state index contributed by atoms with van der Waals surface area (Å²) in [5, 5.41) is 7.45. The van der Waals surface area contributed by atoms with Crippen molar-refractivity contribution in [3.63, 3.8) is 0 Å². The number of benzene rings is 2. The summed E-state index contributed by atoms with van der Waals surface area (Å²) in [4.78, 5) is 24.6. The second-order valence-electron chi connectivity index (χ2n) is 5.32. The van der Waals surface area contributed by atoms with Crippen molar-refractivity contribution >= 4 is 28.4 Å². The van der Waals surface area contributed by atoms with Gasteiger partial charge >= 0.3 is 0 Å². The minimum atomic E-state index is -0.414. The topological polar surface area (TPSA) is 82.5 Å². The van der Waals surface area contributed by atoms with Gasteiger partial charge in [-0.05, 0) is 18.2 Å². The highest BCUT2D eigenvalue weighted by Gasteiger charge is 2.21. The fourth-order valence-corrected chi connectivity index (χ4v) is 2.56. The van der Waals surface area contributed by atoms with Gasteiger partial charge in [-0.15, -0.1) is 0 Å². The van der Waals surface area contributed by atoms with Crippen molar-refractivity contribution in [2.75, 3.05) is 19.5 Å². The highest BCUT2D eigenvalue weighted by atomic mass is 16.5. The van der Waals surface area contributed by atoms with Crippen molar-refractivity contribution < 1.29 is 19.1 Å². The third-order valence-electron chi connectivity index (χ3n) is 3.73. The molecule has 0 spiro atoms. The van der Waals surface area contributed by atoms with Crippen LogP contribution in [0.15, 0.2) is 42.5 Å². The van der Waals surface area contributed by atoms with Gasteiger partial charge in [0.1, 0.15) is 0 Å². The van der Waals surface area contributed by atoms with E-state index in [-0.39, 0.29) is 11.6 Å². The number of aromatic nitrogens is 2. The lowest BCUT2D eigenvalue weighted by Crippen LogP contribution is -2.14. The molecule has 128 valence electrons. The van der Waals surface area contributed by atoms with Crippen LogP contribution in [0.4, 0.5) is 5.69 Å². The second-order valence-corrected chi connectivity index (χ2v) is 5.32. The summed E-state index contributed by atoms with van der Waals surface area (Å²) < 4.78 is 11.7. The molecule has 0 fully saturated rings. The van der Waals surface area contributed by atoms with Crippen molar-refractivity contribution in [1.82, 2.24) is 9.78 Å². The summed E-state index contributed by atoms with van der Waals surface area (Å²) in [5.41, 5.74) is 1.25. The van der Waals surface area contributed by atoms with E-state index in [1.165, 1.54) is 25.8 Å². The average molecular weight is 339 g/mol. The molecule has 1 amide bonds. The summed E-state index contributed by atoms with van der Waals surface area (Å²) in [6, 6.07) is 12.3. The lowest BCUT2D eigenvalue weighted by atomic mass is 10.1. The first-order valence-electron chi connectivity index (χ1n) is 7.57. The molecule has 0 unspecified atom stereocenters. The lowest BCUT2D eigenvalue weighted by Gasteiger charge is -2.08. The Balaban J connectivity index is 2.14. The van der Waals surface area contributed by atoms with E-state index in [2.05, 4.69) is 10.4 Å². The molecule has 3 aromatic rings. The molecule has 0 aliphatic heterocycles. The maximum Gasteiger partial charge on any atom is 0.276 e. The number of anilines is 1. The van der Waals surface area contributed by atoms with Crippen LogP contribution in [0.1, 0.15) is 22.2 Å². The van der Waals surface area contributed by atoms with E-state index in [0.29, 0.717) is 28.1 Å². The van der Waals surface area contributed by atoms with Crippen molar-refractivity contribution in [1.29, 1.82) is 0 Å². The molecule has 0 radical (unpaired) electrons. The molecule has 0 saturated heterocycles. The highest BCUT2D eigenvalue weighted by Crippen LogP contribution is 2.34. The van der Waals surface area contributed by atoms with Gasteiger partial charge in [-0.2, -0.15) is 9.78 Å². The Hall–Kier alpha value is -3.35. The van der Waals surface area contributed by atoms with Gasteiger partial charge in [0, 0.05) is 24.1 Å². The van der Waals surface area contributed by atoms with Crippen LogP contribution in [0, 0.1) is 0 Å². The van der Waals surface area contributed by atoms with Gasteiger partial charge in [0.25, 0.3) is 5.91 Å². The molecule has 7 nitrogen and oxygen atoms in total. The van der Waals surface area contributed by atoms with Crippen LogP contribution in [0.2, 0.25) is 0 Å². The zero-order chi connectivity index (χ0) is 18.0. The minimum absolute atomic E-state index is 0.134. The Morgan fingerprint density at radius 2 is 1.68 bits per heavy atom. The summed E-state index contributed by atoms with van der Waals surface area (Å²) in [6.07, 6.45) is 0. The summed E-state index contributed by atoms with van der Waals surface area (Å²) in [7, 11) is 3.00. The van der Waals surface area contributed by atoms with E-state index in [1.807, 2.05) is 18.2 Å². The van der Waals surface area contributed by atoms with Gasteiger partial charge in [-0.25, -0.2) is 0 Å². The van der Waals surface area contributed by atoms with E-state index in [1.54, 1.807) is 24.3 Å². The Bertz CT molecular complexity index is 948. The Kier molecular flexibility index (Phi) is 4.38. The summed E-state index contributed by atoms with van der Waals surface area (Å²) in [5.74, 6) is 0.179. The zero-order valence-electron chi connectivity index (χ0n) is 14.1. The van der Waals surface area contributed by atoms with Crippen LogP contribution in [0.25, 0.3) is 10.9 Å². The molecule has 0 saturated carbocycles. The second kappa shape index (κ2) is 6.64. The van der Waals surface area contributed by atoms with Crippen molar-refractivity contribution in [3.05, 3.63) is 48.2 Å². The molecule has 0 aliphatic carbocycles. The Labute approximate surface area is 144 Å². The number of ether oxygens (including phenoxy) is 2. The van der Waals surface area contributed by atoms with Gasteiger partial charge in [0.05, 0.1) is 19.7 Å². The van der Waals surface area contributed by atoms with Crippen LogP contribution in [-0.4, -0.2) is 35.8 Å². The molecular weight excluding hydrogens is 322 g/mol. The van der Waals surface area contributed by atoms with Crippen LogP contribution >= 0.6 is 0 Å². The largest absolute Gasteiger partial charge is 0.493 e. The third kappa shape index (κ3) is 3.03. The monoisotopic (exact) mass is 339 g/mol. The van der Waals surface area contributed by atoms with E-state index in [9.17, 15) is 9.59 Å². The van der Waals surface area contributed by atoms with Crippen LogP contribution in [-0.2, 0) is 0 Å². The van der Waals surface area contributed by atoms with Crippen molar-refractivity contribution in [2.24, 2.45) is 0 Å².